The summed E-state index contributed by atoms with van der Waals surface area (Å²) in [5.74, 6) is 0. The van der Waals surface area contributed by atoms with Crippen LogP contribution in [0.5, 0.6) is 0 Å². The second-order valence-corrected chi connectivity index (χ2v) is 5.71. The van der Waals surface area contributed by atoms with E-state index >= 15 is 0 Å². The fourth-order valence-electron chi connectivity index (χ4n) is 2.72. The molecule has 0 fully saturated rings. The minimum absolute atomic E-state index is 0.263. The van der Waals surface area contributed by atoms with Crippen LogP contribution < -0.4 is 11.2 Å². The maximum absolute atomic E-state index is 12.6. The highest BCUT2D eigenvalue weighted by Gasteiger charge is 2.22. The molecule has 0 saturated carbocycles. The molecule has 0 radical (unpaired) electrons. The molecular weight excluding hydrogens is 312 g/mol. The quantitative estimate of drug-likeness (QED) is 0.673. The monoisotopic (exact) mass is 330 g/mol. The first-order chi connectivity index (χ1) is 11.4. The molecule has 0 aliphatic rings. The molecule has 3 aromatic rings. The summed E-state index contributed by atoms with van der Waals surface area (Å²) >= 11 is 0. The Morgan fingerprint density at radius 2 is 1.79 bits per heavy atom. The molecule has 8 heteroatoms. The summed E-state index contributed by atoms with van der Waals surface area (Å²) < 4.78 is 3.69. The minimum atomic E-state index is -1.30. The number of aryl methyl sites for hydroxylation is 2. The summed E-state index contributed by atoms with van der Waals surface area (Å²) in [6, 6.07) is 8.59. The van der Waals surface area contributed by atoms with Crippen molar-refractivity contribution in [1.29, 1.82) is 0 Å². The third kappa shape index (κ3) is 2.55. The zero-order valence-electron chi connectivity index (χ0n) is 13.3. The molecule has 0 spiro atoms. The molecule has 24 heavy (non-hydrogen) atoms. The summed E-state index contributed by atoms with van der Waals surface area (Å²) in [5, 5.41) is 20.5. The van der Waals surface area contributed by atoms with E-state index in [-0.39, 0.29) is 17.7 Å². The van der Waals surface area contributed by atoms with Gasteiger partial charge in [-0.05, 0) is 5.56 Å². The number of hydrogen-bond acceptors (Lipinski definition) is 5. The van der Waals surface area contributed by atoms with Crippen molar-refractivity contribution in [3.8, 4) is 0 Å². The predicted octanol–water partition coefficient (Wildman–Crippen LogP) is -0.472. The molecule has 2 heterocycles. The Morgan fingerprint density at radius 1 is 1.12 bits per heavy atom. The second-order valence-electron chi connectivity index (χ2n) is 5.71. The van der Waals surface area contributed by atoms with Crippen molar-refractivity contribution in [3.05, 3.63) is 63.1 Å². The zero-order valence-corrected chi connectivity index (χ0v) is 13.3. The third-order valence-electron chi connectivity index (χ3n) is 4.08. The molecule has 0 bridgehead atoms. The first-order valence-corrected chi connectivity index (χ1v) is 7.43. The van der Waals surface area contributed by atoms with Gasteiger partial charge in [-0.1, -0.05) is 30.3 Å². The maximum atomic E-state index is 12.6. The van der Waals surface area contributed by atoms with Crippen LogP contribution in [0.3, 0.4) is 0 Å². The van der Waals surface area contributed by atoms with E-state index in [0.717, 1.165) is 4.57 Å². The molecule has 0 amide bonds. The van der Waals surface area contributed by atoms with Crippen molar-refractivity contribution in [1.82, 2.24) is 18.7 Å². The summed E-state index contributed by atoms with van der Waals surface area (Å²) in [5.41, 5.74) is -0.0882. The van der Waals surface area contributed by atoms with Gasteiger partial charge in [-0.2, -0.15) is 0 Å². The lowest BCUT2D eigenvalue weighted by molar-refractivity contribution is 0.00681. The lowest BCUT2D eigenvalue weighted by Gasteiger charge is -2.19. The van der Waals surface area contributed by atoms with E-state index in [9.17, 15) is 19.8 Å². The number of fused-ring (bicyclic) bond motifs is 1. The van der Waals surface area contributed by atoms with Crippen LogP contribution in [0.1, 0.15) is 11.7 Å². The largest absolute Gasteiger partial charge is 0.388 e. The highest BCUT2D eigenvalue weighted by atomic mass is 16.3. The Kier molecular flexibility index (Phi) is 4.08. The van der Waals surface area contributed by atoms with Gasteiger partial charge in [-0.15, -0.1) is 0 Å². The normalized spacial score (nSPS) is 14.0. The standard InChI is InChI=1S/C16H18N4O4/c1-18-9-17-14-12(18)15(23)20(16(24)19(14)2)8-11(21)13(22)10-6-4-3-5-7-10/h3-7,9,11,13,21-22H,8H2,1-2H3. The summed E-state index contributed by atoms with van der Waals surface area (Å²) in [6.45, 7) is -0.317. The minimum Gasteiger partial charge on any atom is -0.388 e. The number of benzene rings is 1. The Balaban J connectivity index is 2.03. The number of aromatic nitrogens is 4. The number of imidazole rings is 1. The van der Waals surface area contributed by atoms with Crippen LogP contribution in [-0.2, 0) is 20.6 Å². The van der Waals surface area contributed by atoms with Gasteiger partial charge in [0.1, 0.15) is 12.2 Å². The van der Waals surface area contributed by atoms with Crippen LogP contribution in [0.4, 0.5) is 0 Å². The summed E-state index contributed by atoms with van der Waals surface area (Å²) in [4.78, 5) is 29.0. The molecule has 8 nitrogen and oxygen atoms in total. The van der Waals surface area contributed by atoms with Gasteiger partial charge in [0.25, 0.3) is 5.56 Å². The van der Waals surface area contributed by atoms with Crippen molar-refractivity contribution in [2.24, 2.45) is 14.1 Å². The van der Waals surface area contributed by atoms with Crippen molar-refractivity contribution in [2.75, 3.05) is 0 Å². The van der Waals surface area contributed by atoms with Crippen LogP contribution >= 0.6 is 0 Å². The average Bonchev–Trinajstić information content (AvgIpc) is 2.98. The van der Waals surface area contributed by atoms with E-state index in [4.69, 9.17) is 0 Å². The maximum Gasteiger partial charge on any atom is 0.332 e. The molecule has 2 unspecified atom stereocenters. The van der Waals surface area contributed by atoms with Gasteiger partial charge in [0.05, 0.1) is 12.9 Å². The van der Waals surface area contributed by atoms with Gasteiger partial charge in [-0.25, -0.2) is 9.78 Å². The fourth-order valence-corrected chi connectivity index (χ4v) is 2.72. The zero-order chi connectivity index (χ0) is 17.4. The van der Waals surface area contributed by atoms with E-state index < -0.39 is 23.5 Å². The summed E-state index contributed by atoms with van der Waals surface area (Å²) in [7, 11) is 3.16. The van der Waals surface area contributed by atoms with Crippen LogP contribution in [0.25, 0.3) is 11.2 Å². The molecule has 2 N–H and O–H groups in total. The van der Waals surface area contributed by atoms with Gasteiger partial charge in [0.2, 0.25) is 0 Å². The molecule has 0 saturated heterocycles. The van der Waals surface area contributed by atoms with Crippen LogP contribution in [0.2, 0.25) is 0 Å². The highest BCUT2D eigenvalue weighted by molar-refractivity contribution is 5.69. The van der Waals surface area contributed by atoms with E-state index in [0.29, 0.717) is 5.56 Å². The van der Waals surface area contributed by atoms with Crippen molar-refractivity contribution < 1.29 is 10.2 Å². The molecule has 0 aliphatic carbocycles. The van der Waals surface area contributed by atoms with E-state index in [2.05, 4.69) is 4.98 Å². The number of aliphatic hydroxyl groups excluding tert-OH is 2. The molecular formula is C16H18N4O4. The number of rotatable bonds is 4. The Bertz CT molecular complexity index is 987. The van der Waals surface area contributed by atoms with Crippen LogP contribution in [0.15, 0.2) is 46.2 Å². The van der Waals surface area contributed by atoms with E-state index in [1.807, 2.05) is 0 Å². The first kappa shape index (κ1) is 16.2. The van der Waals surface area contributed by atoms with Crippen molar-refractivity contribution >= 4 is 11.2 Å². The van der Waals surface area contributed by atoms with E-state index in [1.165, 1.54) is 22.5 Å². The third-order valence-corrected chi connectivity index (χ3v) is 4.08. The molecule has 3 rings (SSSR count). The van der Waals surface area contributed by atoms with Gasteiger partial charge in [-0.3, -0.25) is 13.9 Å². The van der Waals surface area contributed by atoms with Crippen molar-refractivity contribution in [2.45, 2.75) is 18.8 Å². The molecule has 0 aliphatic heterocycles. The number of aliphatic hydroxyl groups is 2. The Labute approximate surface area is 136 Å². The van der Waals surface area contributed by atoms with Crippen molar-refractivity contribution in [3.63, 3.8) is 0 Å². The first-order valence-electron chi connectivity index (χ1n) is 7.43. The predicted molar refractivity (Wildman–Crippen MR) is 87.6 cm³/mol. The molecule has 1 aromatic carbocycles. The topological polar surface area (TPSA) is 102 Å². The van der Waals surface area contributed by atoms with Gasteiger partial charge < -0.3 is 14.8 Å². The second kappa shape index (κ2) is 6.06. The highest BCUT2D eigenvalue weighted by Crippen LogP contribution is 2.17. The molecule has 2 atom stereocenters. The van der Waals surface area contributed by atoms with Crippen LogP contribution in [-0.4, -0.2) is 35.0 Å². The van der Waals surface area contributed by atoms with Gasteiger partial charge >= 0.3 is 5.69 Å². The lowest BCUT2D eigenvalue weighted by Crippen LogP contribution is -2.43. The molecule has 2 aromatic heterocycles. The van der Waals surface area contributed by atoms with Crippen LogP contribution in [0, 0.1) is 0 Å². The van der Waals surface area contributed by atoms with Gasteiger partial charge in [0, 0.05) is 14.1 Å². The number of nitrogens with zero attached hydrogens (tertiary/aromatic N) is 4. The molecule has 126 valence electrons. The van der Waals surface area contributed by atoms with Gasteiger partial charge in [0.15, 0.2) is 11.2 Å². The summed E-state index contributed by atoms with van der Waals surface area (Å²) in [6.07, 6.45) is -1.06. The lowest BCUT2D eigenvalue weighted by atomic mass is 10.0. The SMILES string of the molecule is Cn1cnc2c1c(=O)n(CC(O)C(O)c1ccccc1)c(=O)n2C. The van der Waals surface area contributed by atoms with E-state index in [1.54, 1.807) is 37.4 Å². The Hall–Kier alpha value is -2.71. The smallest absolute Gasteiger partial charge is 0.332 e. The number of hydrogen-bond donors (Lipinski definition) is 2. The Morgan fingerprint density at radius 3 is 2.46 bits per heavy atom. The average molecular weight is 330 g/mol. The fraction of sp³-hybridized carbons (Fsp3) is 0.312.